The van der Waals surface area contributed by atoms with E-state index in [1.807, 2.05) is 107 Å². The molecule has 5 aromatic rings. The molecule has 4 atom stereocenters. The van der Waals surface area contributed by atoms with Crippen LogP contribution in [0.1, 0.15) is 228 Å². The van der Waals surface area contributed by atoms with E-state index in [9.17, 15) is 33.6 Å². The van der Waals surface area contributed by atoms with E-state index in [0.29, 0.717) is 86.7 Å². The van der Waals surface area contributed by atoms with Crippen LogP contribution < -0.4 is 27.0 Å². The molecule has 0 aromatic carbocycles. The summed E-state index contributed by atoms with van der Waals surface area (Å²) in [6.07, 6.45) is 6.21. The number of fused-ring (bicyclic) bond motifs is 4. The molecule has 15 heterocycles. The van der Waals surface area contributed by atoms with E-state index in [0.717, 1.165) is 102 Å². The molecule has 36 heteroatoms. The minimum Gasteiger partial charge on any atom is -0.444 e. The van der Waals surface area contributed by atoms with Gasteiger partial charge in [0.25, 0.3) is 17.7 Å². The third-order valence-corrected chi connectivity index (χ3v) is 25.7. The molecular weight excluding hydrogens is 1560 g/mol. The molecule has 6 N–H and O–H groups in total. The van der Waals surface area contributed by atoms with E-state index in [4.69, 9.17) is 45.1 Å². The monoisotopic (exact) mass is 1690 g/mol. The van der Waals surface area contributed by atoms with Crippen molar-refractivity contribution in [1.29, 1.82) is 0 Å². The number of piperazine rings is 2. The van der Waals surface area contributed by atoms with Crippen LogP contribution in [0.5, 0.6) is 0 Å². The average Bonchev–Trinajstić information content (AvgIpc) is 1.59. The van der Waals surface area contributed by atoms with Crippen LogP contribution in [0.2, 0.25) is 25.7 Å². The minimum atomic E-state index is -1.25. The Morgan fingerprint density at radius 3 is 1.54 bits per heavy atom. The van der Waals surface area contributed by atoms with Crippen LogP contribution in [-0.2, 0) is 71.4 Å². The number of halogens is 1. The van der Waals surface area contributed by atoms with E-state index in [1.165, 1.54) is 37.8 Å². The predicted octanol–water partition coefficient (Wildman–Crippen LogP) is 11.6. The third-order valence-electron chi connectivity index (χ3n) is 23.8. The molecular formula is C83H126ClN21O13Si. The van der Waals surface area contributed by atoms with Crippen molar-refractivity contribution < 1.29 is 61.3 Å². The molecule has 119 heavy (non-hydrogen) atoms. The summed E-state index contributed by atoms with van der Waals surface area (Å²) in [5.74, 6) is 1.44. The van der Waals surface area contributed by atoms with Gasteiger partial charge >= 0.3 is 23.6 Å². The van der Waals surface area contributed by atoms with Crippen molar-refractivity contribution in [2.75, 3.05) is 83.1 Å². The molecule has 10 aliphatic heterocycles. The van der Waals surface area contributed by atoms with E-state index in [2.05, 4.69) is 128 Å². The van der Waals surface area contributed by atoms with Crippen molar-refractivity contribution in [1.82, 2.24) is 85.3 Å². The standard InChI is InChI=1S/C24H39N5O5Si.C23H32N6O3.C14H18N4O2.C13H22N4O2.C9H15ClN2O/c1-10-16-13-18(34-27-16)21(30)25-20-17-14-28(22(31)33-23(2,3)4)24(5,6)19(17)29(26-20)15-32-11-12-35(7,8)9;1-5-15-9-19(32-26-15)21(30)25-20-17-13-29(23(3,4)18(17)10-24-20)22(31)28-12-16-7-6-8-27(16)11-14(28)2;1-4-8-5-11(20-18-8)13(19)17-12-9-6-16-14(2,3)10(9)7-15-12;1-12(2,3)19-11(18)17-7-8-9(13(17,4)5)16(6)15-10(8)14;1-7-5-11-4-2-3-8(11)6-12(7)9(10)13/h13H,10-12,14-15H2,1-9H3,(H,25,26,30);9,14,16H,5-8,10-13H2,1-4H3,(H,24,25,30);5,16H,4,6-7H2,1-3H3,(H,15,17,19);7H2,1-6H3,(H2,14,15);7-8H,2-6H2,1H3/t;14-,16-;;;7-,8-/m.0..0/s1. The number of aliphatic imine (C=N–C) groups is 2. The Bertz CT molecular complexity index is 4750. The van der Waals surface area contributed by atoms with Gasteiger partial charge in [-0.05, 0) is 198 Å². The fourth-order valence-electron chi connectivity index (χ4n) is 17.0. The highest BCUT2D eigenvalue weighted by atomic mass is 35.5. The van der Waals surface area contributed by atoms with E-state index in [1.54, 1.807) is 42.3 Å². The van der Waals surface area contributed by atoms with Crippen molar-refractivity contribution >= 4 is 84.3 Å². The molecule has 8 amide bonds. The summed E-state index contributed by atoms with van der Waals surface area (Å²) in [4.78, 5) is 111. The lowest BCUT2D eigenvalue weighted by Gasteiger charge is -2.46. The average molecular weight is 1690 g/mol. The van der Waals surface area contributed by atoms with E-state index in [-0.39, 0.29) is 77.5 Å². The van der Waals surface area contributed by atoms with Gasteiger partial charge in [-0.1, -0.05) is 55.9 Å². The number of urea groups is 1. The lowest BCUT2D eigenvalue weighted by atomic mass is 9.94. The number of aromatic nitrogens is 7. The van der Waals surface area contributed by atoms with E-state index < -0.39 is 47.9 Å². The number of carbonyl (C=O) groups is 7. The maximum absolute atomic E-state index is 13.7. The summed E-state index contributed by atoms with van der Waals surface area (Å²) >= 11 is 5.51. The first kappa shape index (κ1) is 90.5. The normalized spacial score (nSPS) is 21.7. The highest BCUT2D eigenvalue weighted by molar-refractivity contribution is 6.76. The van der Waals surface area contributed by atoms with Gasteiger partial charge in [0.1, 0.15) is 29.6 Å². The minimum absolute atomic E-state index is 0.0487. The van der Waals surface area contributed by atoms with Crippen molar-refractivity contribution in [2.45, 2.75) is 280 Å². The Labute approximate surface area is 704 Å². The number of nitrogens with one attached hydrogen (secondary N) is 4. The number of nitrogen functional groups attached to an aromatic ring is 1. The number of nitrogens with two attached hydrogens (primary N) is 1. The Hall–Kier alpha value is -9.29. The van der Waals surface area contributed by atoms with Crippen molar-refractivity contribution in [3.63, 3.8) is 0 Å². The summed E-state index contributed by atoms with van der Waals surface area (Å²) in [5, 5.41) is 32.1. The SMILES string of the molecule is CCc1cc(C(=O)NC2=NCC3=C2CN(C(=O)N2C[C@@H]4CCCN4C[C@@H]2C)C3(C)C)on1.CCc1cc(C(=O)NC2=NCC3=C2CNC3(C)C)on1.CCc1cc(C(=O)Nc2nn(COCC[Si](C)(C)C)c3c2CN(C(=O)OC(C)(C)C)C3(C)C)on1.C[C@H]1CN2CCC[C@H]2CN1C(=O)Cl.Cn1nc(N)c2c1C(C)(C)N(C(=O)OC(C)(C)C)C2. The Kier molecular flexibility index (Phi) is 26.9. The second kappa shape index (κ2) is 35.4. The molecule has 4 fully saturated rings. The number of anilines is 2. The van der Waals surface area contributed by atoms with Gasteiger partial charge in [0.2, 0.25) is 17.3 Å². The summed E-state index contributed by atoms with van der Waals surface area (Å²) in [7, 11) is 0.597. The van der Waals surface area contributed by atoms with Crippen molar-refractivity contribution in [3.8, 4) is 0 Å². The number of aryl methyl sites for hydroxylation is 4. The molecule has 0 radical (unpaired) electrons. The van der Waals surface area contributed by atoms with Crippen LogP contribution >= 0.6 is 11.6 Å². The maximum atomic E-state index is 13.7. The molecule has 10 aliphatic rings. The lowest BCUT2D eigenvalue weighted by molar-refractivity contribution is 0.00153. The summed E-state index contributed by atoms with van der Waals surface area (Å²) in [5.41, 5.74) is 13.1. The molecule has 15 rings (SSSR count). The van der Waals surface area contributed by atoms with Crippen LogP contribution in [-0.4, -0.2) is 249 Å². The maximum Gasteiger partial charge on any atom is 0.411 e. The predicted molar refractivity (Wildman–Crippen MR) is 454 cm³/mol. The lowest BCUT2D eigenvalue weighted by Crippen LogP contribution is -2.61. The highest BCUT2D eigenvalue weighted by Gasteiger charge is 2.52. The van der Waals surface area contributed by atoms with E-state index >= 15 is 0 Å². The van der Waals surface area contributed by atoms with Crippen molar-refractivity contribution in [3.05, 3.63) is 97.4 Å². The quantitative estimate of drug-likeness (QED) is 0.0335. The second-order valence-electron chi connectivity index (χ2n) is 37.6. The molecule has 4 saturated heterocycles. The van der Waals surface area contributed by atoms with Gasteiger partial charge < -0.3 is 69.5 Å². The zero-order chi connectivity index (χ0) is 87.1. The molecule has 652 valence electrons. The van der Waals surface area contributed by atoms with Gasteiger partial charge in [0, 0.05) is 125 Å². The number of amides is 8. The zero-order valence-electron chi connectivity index (χ0n) is 74.0. The molecule has 0 unspecified atom stereocenters. The van der Waals surface area contributed by atoms with Crippen molar-refractivity contribution in [2.24, 2.45) is 17.0 Å². The largest absolute Gasteiger partial charge is 0.444 e. The third kappa shape index (κ3) is 20.2. The van der Waals surface area contributed by atoms with Gasteiger partial charge in [0.05, 0.1) is 77.8 Å². The molecule has 0 saturated carbocycles. The second-order valence-corrected chi connectivity index (χ2v) is 43.5. The first-order chi connectivity index (χ1) is 55.6. The van der Waals surface area contributed by atoms with Crippen LogP contribution in [0.3, 0.4) is 0 Å². The number of nitrogens with zero attached hydrogens (tertiary/aromatic N) is 16. The number of rotatable bonds is 12. The van der Waals surface area contributed by atoms with Gasteiger partial charge in [-0.2, -0.15) is 10.2 Å². The number of amidine groups is 2. The highest BCUT2D eigenvalue weighted by Crippen LogP contribution is 2.45. The van der Waals surface area contributed by atoms with Gasteiger partial charge in [0.15, 0.2) is 11.6 Å². The zero-order valence-corrected chi connectivity index (χ0v) is 75.8. The fraction of sp³-hybridized carbons (Fsp3) is 0.663. The van der Waals surface area contributed by atoms with Crippen LogP contribution in [0, 0.1) is 0 Å². The number of ether oxygens (including phenoxy) is 3. The van der Waals surface area contributed by atoms with Crippen LogP contribution in [0.25, 0.3) is 0 Å². The van der Waals surface area contributed by atoms with Gasteiger partial charge in [-0.15, -0.1) is 0 Å². The molecule has 5 aromatic heterocycles. The molecule has 34 nitrogen and oxygen atoms in total. The van der Waals surface area contributed by atoms with Crippen LogP contribution in [0.4, 0.5) is 30.8 Å². The Morgan fingerprint density at radius 1 is 0.605 bits per heavy atom. The molecule has 0 bridgehead atoms. The number of hydrogen-bond donors (Lipinski definition) is 5. The number of hydrogen-bond acceptors (Lipinski definition) is 24. The molecule has 0 aliphatic carbocycles. The first-order valence-corrected chi connectivity index (χ1v) is 45.9. The Morgan fingerprint density at radius 2 is 1.07 bits per heavy atom. The Balaban J connectivity index is 0.000000151. The topological polar surface area (TPSA) is 382 Å². The van der Waals surface area contributed by atoms with Gasteiger partial charge in [-0.3, -0.25) is 53.4 Å². The van der Waals surface area contributed by atoms with Crippen LogP contribution in [0.15, 0.2) is 64.0 Å². The molecule has 0 spiro atoms. The van der Waals surface area contributed by atoms with Gasteiger partial charge in [-0.25, -0.2) is 19.1 Å². The summed E-state index contributed by atoms with van der Waals surface area (Å²) in [6.45, 7) is 54.0. The number of carbonyl (C=O) groups excluding carboxylic acids is 7. The summed E-state index contributed by atoms with van der Waals surface area (Å²) < 4.78 is 35.9. The smallest absolute Gasteiger partial charge is 0.411 e. The fourth-order valence-corrected chi connectivity index (χ4v) is 18.0. The first-order valence-electron chi connectivity index (χ1n) is 41.8. The summed E-state index contributed by atoms with van der Waals surface area (Å²) in [6, 6.07) is 7.55.